The Kier molecular flexibility index (Phi) is 46.4. The number of methoxy groups -OCH3 is 8. The summed E-state index contributed by atoms with van der Waals surface area (Å²) in [6.45, 7) is 18.7. The number of carbonyl (C=O) groups is 6. The summed E-state index contributed by atoms with van der Waals surface area (Å²) in [7, 11) is 15.5. The molecule has 3 unspecified atom stereocenters. The fraction of sp³-hybridized carbons (Fsp3) is 0.829. The predicted octanol–water partition coefficient (Wildman–Crippen LogP) is 8.48. The summed E-state index contributed by atoms with van der Waals surface area (Å²) in [5, 5.41) is 71.0. The largest absolute Gasteiger partial charge is 0.462 e. The number of Topliss-reactive ketones (excluding diaryl/α,β-unsaturated/α-hetero) is 2. The fourth-order valence-corrected chi connectivity index (χ4v) is 16.1. The number of rotatable bonds is 32. The molecule has 6 N–H and O–H groups in total. The molecule has 26 heteroatoms. The Morgan fingerprint density at radius 3 is 1.13 bits per heavy atom. The van der Waals surface area contributed by atoms with Gasteiger partial charge in [0.15, 0.2) is 0 Å². The molecule has 0 radical (unpaired) electrons. The van der Waals surface area contributed by atoms with Crippen LogP contribution in [0, 0.1) is 59.2 Å². The lowest BCUT2D eigenvalue weighted by atomic mass is 9.82. The summed E-state index contributed by atoms with van der Waals surface area (Å²) in [4.78, 5) is 81.3. The van der Waals surface area contributed by atoms with Crippen molar-refractivity contribution in [1.82, 2.24) is 9.80 Å². The van der Waals surface area contributed by atoms with Gasteiger partial charge in [0.1, 0.15) is 23.8 Å². The summed E-state index contributed by atoms with van der Waals surface area (Å²) in [6, 6.07) is 0. The molecule has 0 saturated carbocycles. The predicted molar refractivity (Wildman–Crippen MR) is 408 cm³/mol. The molecule has 0 aromatic carbocycles. The first-order valence-corrected chi connectivity index (χ1v) is 39.3. The molecule has 0 spiro atoms. The standard InChI is InChI=1S/C82H142N2O24/c1-49(27-29-69(91)55(7)79(101-17)51(3)31-33-83(11)47-85)81(103-19)57(9)75-39-61(89)37-71(93)53(5)73(99-15)45-65-25-22-24-64(106-65)44-68(98-14)36-60(88)42-78(96)108-76(58(10)82(104-20)50(2)28-30-70(92)56(8)80(102-18)52(4)32-34-84(12)48-86)40-62(90)38-72(94)54(6)74(100-16)46-66-26-21-23-63(105-66)43-67(97-13)35-59(87)41-77(95)107-75/h21-24,31-34,47-68,71-76,79-82,87-90,93-94H,25-30,35-46H2,1-20H3/b33-31+,34-32+/t49-,50-,51+,52+,53-,54-,55+,56+,57-,58-,59-,60-,61-,62-,63-,64-,65-,66?,67?,68-,71-,72-,73?,74-,75+,76+,79-,80-,81+,82+/m0/s1. The topological polar surface area (TPSA) is 341 Å². The van der Waals surface area contributed by atoms with Crippen molar-refractivity contribution in [2.75, 3.05) is 71.0 Å². The van der Waals surface area contributed by atoms with E-state index in [9.17, 15) is 59.4 Å². The Morgan fingerprint density at radius 2 is 0.824 bits per heavy atom. The average Bonchev–Trinajstić information content (AvgIpc) is 0.854. The molecule has 0 aromatic rings. The Balaban J connectivity index is 1.98. The molecule has 2 amide bonds. The number of hydrogen-bond donors (Lipinski definition) is 6. The van der Waals surface area contributed by atoms with Crippen LogP contribution in [0.25, 0.3) is 0 Å². The van der Waals surface area contributed by atoms with Crippen LogP contribution in [0.15, 0.2) is 48.9 Å². The van der Waals surface area contributed by atoms with Gasteiger partial charge < -0.3 is 97.3 Å². The van der Waals surface area contributed by atoms with Crippen molar-refractivity contribution in [2.45, 2.75) is 307 Å². The highest BCUT2D eigenvalue weighted by Gasteiger charge is 2.41. The normalized spacial score (nSPS) is 32.7. The summed E-state index contributed by atoms with van der Waals surface area (Å²) >= 11 is 0. The van der Waals surface area contributed by atoms with E-state index < -0.39 is 170 Å². The van der Waals surface area contributed by atoms with E-state index in [2.05, 4.69) is 0 Å². The summed E-state index contributed by atoms with van der Waals surface area (Å²) in [6.07, 6.45) is 3.30. The molecule has 0 aliphatic carbocycles. The first-order valence-electron chi connectivity index (χ1n) is 39.3. The van der Waals surface area contributed by atoms with Crippen LogP contribution in [0.2, 0.25) is 0 Å². The van der Waals surface area contributed by atoms with E-state index in [1.165, 1.54) is 24.0 Å². The molecule has 108 heavy (non-hydrogen) atoms. The highest BCUT2D eigenvalue weighted by Crippen LogP contribution is 2.36. The number of aliphatic hydroxyl groups is 6. The highest BCUT2D eigenvalue weighted by molar-refractivity contribution is 5.81. The van der Waals surface area contributed by atoms with Gasteiger partial charge in [0.2, 0.25) is 12.8 Å². The number of cyclic esters (lactones) is 2. The molecule has 3 aliphatic rings. The fourth-order valence-electron chi connectivity index (χ4n) is 16.1. The third-order valence-corrected chi connectivity index (χ3v) is 23.1. The van der Waals surface area contributed by atoms with Gasteiger partial charge in [0.05, 0.1) is 123 Å². The van der Waals surface area contributed by atoms with Gasteiger partial charge >= 0.3 is 11.9 Å². The molecule has 1 saturated heterocycles. The van der Waals surface area contributed by atoms with Crippen molar-refractivity contribution in [3.8, 4) is 0 Å². The lowest BCUT2D eigenvalue weighted by Crippen LogP contribution is -2.42. The zero-order valence-electron chi connectivity index (χ0n) is 68.7. The van der Waals surface area contributed by atoms with Gasteiger partial charge in [0, 0.05) is 195 Å². The number of ether oxygens (including phenoxy) is 12. The molecule has 4 bridgehead atoms. The first kappa shape index (κ1) is 97.7. The van der Waals surface area contributed by atoms with Crippen LogP contribution in [0.1, 0.15) is 185 Å². The second-order valence-corrected chi connectivity index (χ2v) is 31.5. The SMILES string of the molecule is COC1C[C@H](O)CC(=O)O[C@@H]([C@H](C)[C@H](OC)[C@@H](C)CCC(=O)[C@@H](C)[C@@H](OC)[C@H](C)/C=C/N(C)C=O)C[C@@H](O)C[C@H](O)[C@H](C)C(OC)C[C@@H]2CC=C[C@@H](C[C@@H](OC)C[C@H](O)CC(=O)O[C@@H]([C@H](C)[C@H](OC)[C@@H](C)CCC(=O)[C@@H](C)[C@@H](OC)[C@H](C)/C=C/N(C)C=O)C[C@@H](O)C[C@H](O)[C@H](C)[C@@H](OC)CC3CC=C[C@@H](C1)O3)O2. The number of fused-ring (bicyclic) bond motifs is 4. The molecule has 1 fully saturated rings. The van der Waals surface area contributed by atoms with Crippen molar-refractivity contribution in [2.24, 2.45) is 59.2 Å². The van der Waals surface area contributed by atoms with Gasteiger partial charge in [-0.25, -0.2) is 0 Å². The maximum atomic E-state index is 14.2. The third kappa shape index (κ3) is 33.3. The zero-order valence-corrected chi connectivity index (χ0v) is 68.7. The number of carbonyl (C=O) groups excluding carboxylic acids is 6. The van der Waals surface area contributed by atoms with Crippen LogP contribution < -0.4 is 0 Å². The van der Waals surface area contributed by atoms with Crippen molar-refractivity contribution in [1.29, 1.82) is 0 Å². The van der Waals surface area contributed by atoms with Crippen LogP contribution in [0.5, 0.6) is 0 Å². The molecular weight excluding hydrogens is 1400 g/mol. The lowest BCUT2D eigenvalue weighted by Gasteiger charge is -2.36. The molecule has 624 valence electrons. The van der Waals surface area contributed by atoms with Gasteiger partial charge in [0.25, 0.3) is 0 Å². The van der Waals surface area contributed by atoms with Crippen molar-refractivity contribution >= 4 is 36.3 Å². The van der Waals surface area contributed by atoms with Crippen LogP contribution >= 0.6 is 0 Å². The second-order valence-electron chi connectivity index (χ2n) is 31.5. The monoisotopic (exact) mass is 1540 g/mol. The number of nitrogens with zero attached hydrogens (tertiary/aromatic N) is 2. The number of esters is 2. The van der Waals surface area contributed by atoms with E-state index in [4.69, 9.17) is 56.8 Å². The van der Waals surface area contributed by atoms with Gasteiger partial charge in [-0.05, 0) is 50.4 Å². The number of aliphatic hydroxyl groups excluding tert-OH is 6. The van der Waals surface area contributed by atoms with Gasteiger partial charge in [-0.15, -0.1) is 0 Å². The Hall–Kier alpha value is -4.46. The summed E-state index contributed by atoms with van der Waals surface area (Å²) < 4.78 is 73.4. The maximum Gasteiger partial charge on any atom is 0.308 e. The third-order valence-electron chi connectivity index (χ3n) is 23.1. The summed E-state index contributed by atoms with van der Waals surface area (Å²) in [5.41, 5.74) is 0. The molecule has 3 rings (SSSR count). The molecule has 26 nitrogen and oxygen atoms in total. The maximum absolute atomic E-state index is 14.2. The van der Waals surface area contributed by atoms with Crippen LogP contribution in [-0.2, 0) is 85.6 Å². The Morgan fingerprint density at radius 1 is 0.481 bits per heavy atom. The van der Waals surface area contributed by atoms with Crippen LogP contribution in [0.3, 0.4) is 0 Å². The quantitative estimate of drug-likeness (QED) is 0.0209. The van der Waals surface area contributed by atoms with Crippen LogP contribution in [0.4, 0.5) is 0 Å². The van der Waals surface area contributed by atoms with Gasteiger partial charge in [-0.3, -0.25) is 28.8 Å². The minimum Gasteiger partial charge on any atom is -0.462 e. The van der Waals surface area contributed by atoms with E-state index in [1.807, 2.05) is 106 Å². The van der Waals surface area contributed by atoms with Gasteiger partial charge in [-0.2, -0.15) is 0 Å². The van der Waals surface area contributed by atoms with E-state index in [0.717, 1.165) is 0 Å². The molecular formula is C82H142N2O24. The van der Waals surface area contributed by atoms with Crippen LogP contribution in [-0.4, -0.2) is 270 Å². The minimum atomic E-state index is -1.23. The molecule has 3 heterocycles. The summed E-state index contributed by atoms with van der Waals surface area (Å²) in [5.74, 6) is -5.63. The second kappa shape index (κ2) is 51.3. The minimum absolute atomic E-state index is 0.0287. The molecule has 3 aliphatic heterocycles. The zero-order chi connectivity index (χ0) is 81.1. The molecule has 30 atom stereocenters. The smallest absolute Gasteiger partial charge is 0.308 e. The van der Waals surface area contributed by atoms with Crippen molar-refractivity contribution < 1.29 is 116 Å². The van der Waals surface area contributed by atoms with Gasteiger partial charge in [-0.1, -0.05) is 106 Å². The molecule has 0 aromatic heterocycles. The van der Waals surface area contributed by atoms with E-state index in [1.54, 1.807) is 69.2 Å². The van der Waals surface area contributed by atoms with E-state index in [0.29, 0.717) is 64.2 Å². The van der Waals surface area contributed by atoms with E-state index in [-0.39, 0.29) is 98.8 Å². The Labute approximate surface area is 645 Å². The highest BCUT2D eigenvalue weighted by atomic mass is 16.6. The first-order chi connectivity index (χ1) is 51.2. The number of ketones is 2. The number of amides is 2. The van der Waals surface area contributed by atoms with E-state index >= 15 is 0 Å². The van der Waals surface area contributed by atoms with Crippen molar-refractivity contribution in [3.63, 3.8) is 0 Å². The van der Waals surface area contributed by atoms with Crippen molar-refractivity contribution in [3.05, 3.63) is 48.9 Å². The number of hydrogen-bond acceptors (Lipinski definition) is 24. The Bertz CT molecular complexity index is 2510. The lowest BCUT2D eigenvalue weighted by molar-refractivity contribution is -0.162. The average molecular weight is 1540 g/mol.